The molecule has 32 heavy (non-hydrogen) atoms. The highest BCUT2D eigenvalue weighted by molar-refractivity contribution is 8.00. The van der Waals surface area contributed by atoms with Gasteiger partial charge in [-0.3, -0.25) is 4.79 Å². The van der Waals surface area contributed by atoms with Gasteiger partial charge in [-0.1, -0.05) is 78.5 Å². The maximum absolute atomic E-state index is 13.4. The molecule has 0 spiro atoms. The van der Waals surface area contributed by atoms with E-state index in [-0.39, 0.29) is 5.91 Å². The van der Waals surface area contributed by atoms with Gasteiger partial charge in [0.1, 0.15) is 11.1 Å². The van der Waals surface area contributed by atoms with Gasteiger partial charge in [0.05, 0.1) is 0 Å². The molecule has 0 saturated carbocycles. The second kappa shape index (κ2) is 9.83. The van der Waals surface area contributed by atoms with Crippen LogP contribution in [0.2, 0.25) is 0 Å². The lowest BCUT2D eigenvalue weighted by molar-refractivity contribution is -0.115. The summed E-state index contributed by atoms with van der Waals surface area (Å²) in [5.74, 6) is 0.777. The number of anilines is 1. The Morgan fingerprint density at radius 3 is 2.22 bits per heavy atom. The monoisotopic (exact) mass is 442 g/mol. The van der Waals surface area contributed by atoms with Crippen molar-refractivity contribution in [1.29, 1.82) is 0 Å². The minimum Gasteiger partial charge on any atom is -0.325 e. The normalized spacial score (nSPS) is 11.8. The summed E-state index contributed by atoms with van der Waals surface area (Å²) in [6.07, 6.45) is 0.690. The Morgan fingerprint density at radius 2 is 1.56 bits per heavy atom. The van der Waals surface area contributed by atoms with E-state index in [1.165, 1.54) is 17.3 Å². The lowest BCUT2D eigenvalue weighted by Crippen LogP contribution is -2.19. The molecular weight excluding hydrogens is 416 g/mol. The molecule has 1 heterocycles. The average Bonchev–Trinajstić information content (AvgIpc) is 3.11. The first kappa shape index (κ1) is 21.8. The third-order valence-corrected chi connectivity index (χ3v) is 6.47. The quantitative estimate of drug-likeness (QED) is 0.384. The predicted molar refractivity (Wildman–Crippen MR) is 130 cm³/mol. The lowest BCUT2D eigenvalue weighted by atomic mass is 10.1. The van der Waals surface area contributed by atoms with Crippen LogP contribution in [-0.4, -0.2) is 20.7 Å². The first-order chi connectivity index (χ1) is 15.5. The van der Waals surface area contributed by atoms with E-state index >= 15 is 0 Å². The Bertz CT molecular complexity index is 1180. The molecule has 0 saturated heterocycles. The summed E-state index contributed by atoms with van der Waals surface area (Å²) in [4.78, 5) is 13.4. The van der Waals surface area contributed by atoms with Crippen molar-refractivity contribution in [2.75, 3.05) is 5.32 Å². The van der Waals surface area contributed by atoms with Crippen LogP contribution >= 0.6 is 11.8 Å². The van der Waals surface area contributed by atoms with E-state index in [4.69, 9.17) is 0 Å². The number of benzene rings is 3. The number of nitrogens with one attached hydrogen (secondary N) is 1. The summed E-state index contributed by atoms with van der Waals surface area (Å²) in [6.45, 7) is 4.06. The fourth-order valence-electron chi connectivity index (χ4n) is 3.64. The maximum atomic E-state index is 13.4. The summed E-state index contributed by atoms with van der Waals surface area (Å²) in [7, 11) is 1.95. The maximum Gasteiger partial charge on any atom is 0.242 e. The zero-order valence-electron chi connectivity index (χ0n) is 18.4. The van der Waals surface area contributed by atoms with Gasteiger partial charge in [0, 0.05) is 19.2 Å². The summed E-state index contributed by atoms with van der Waals surface area (Å²) < 4.78 is 1.97. The molecule has 1 atom stereocenters. The van der Waals surface area contributed by atoms with E-state index in [1.807, 2.05) is 86.1 Å². The van der Waals surface area contributed by atoms with Crippen molar-refractivity contribution in [3.8, 4) is 0 Å². The fourth-order valence-corrected chi connectivity index (χ4v) is 4.66. The topological polar surface area (TPSA) is 59.8 Å². The molecule has 6 heteroatoms. The van der Waals surface area contributed by atoms with Crippen LogP contribution in [0, 0.1) is 13.8 Å². The number of hydrogen-bond donors (Lipinski definition) is 1. The first-order valence-corrected chi connectivity index (χ1v) is 11.4. The van der Waals surface area contributed by atoms with Crippen LogP contribution in [0.1, 0.15) is 33.3 Å². The smallest absolute Gasteiger partial charge is 0.242 e. The van der Waals surface area contributed by atoms with Crippen molar-refractivity contribution >= 4 is 23.4 Å². The molecule has 0 radical (unpaired) electrons. The first-order valence-electron chi connectivity index (χ1n) is 10.5. The molecule has 0 bridgehead atoms. The van der Waals surface area contributed by atoms with E-state index in [9.17, 15) is 4.79 Å². The number of nitrogens with zero attached hydrogens (tertiary/aromatic N) is 3. The number of amides is 1. The molecule has 162 valence electrons. The Balaban J connectivity index is 1.58. The molecule has 1 amide bonds. The van der Waals surface area contributed by atoms with Gasteiger partial charge in [-0.2, -0.15) is 0 Å². The molecule has 0 aliphatic heterocycles. The predicted octanol–water partition coefficient (Wildman–Crippen LogP) is 5.49. The summed E-state index contributed by atoms with van der Waals surface area (Å²) in [5, 5.41) is 12.1. The minimum absolute atomic E-state index is 0.0844. The Labute approximate surface area is 192 Å². The standard InChI is InChI=1S/C26H26N4OS/c1-18-14-19(2)16-22(15-18)27-25(31)24(21-12-8-5-9-13-21)32-26-29-28-23(30(26)3)17-20-10-6-4-7-11-20/h4-16,24H,17H2,1-3H3,(H,27,31)/t24-/m0/s1. The van der Waals surface area contributed by atoms with Gasteiger partial charge in [-0.25, -0.2) is 0 Å². The van der Waals surface area contributed by atoms with Gasteiger partial charge in [0.2, 0.25) is 5.91 Å². The molecule has 4 aromatic rings. The molecule has 1 N–H and O–H groups in total. The van der Waals surface area contributed by atoms with Crippen molar-refractivity contribution in [1.82, 2.24) is 14.8 Å². The second-order valence-electron chi connectivity index (χ2n) is 7.89. The van der Waals surface area contributed by atoms with Crippen molar-refractivity contribution in [2.24, 2.45) is 7.05 Å². The third kappa shape index (κ3) is 5.26. The van der Waals surface area contributed by atoms with E-state index in [2.05, 4.69) is 33.7 Å². The third-order valence-electron chi connectivity index (χ3n) is 5.18. The molecule has 3 aromatic carbocycles. The van der Waals surface area contributed by atoms with Crippen LogP contribution in [0.5, 0.6) is 0 Å². The van der Waals surface area contributed by atoms with Gasteiger partial charge in [0.25, 0.3) is 0 Å². The number of rotatable bonds is 7. The number of hydrogen-bond acceptors (Lipinski definition) is 4. The summed E-state index contributed by atoms with van der Waals surface area (Å²) in [6, 6.07) is 26.0. The number of carbonyl (C=O) groups is 1. The van der Waals surface area contributed by atoms with Crippen LogP contribution < -0.4 is 5.32 Å². The zero-order valence-corrected chi connectivity index (χ0v) is 19.3. The molecule has 0 unspecified atom stereocenters. The van der Waals surface area contributed by atoms with E-state index < -0.39 is 5.25 Å². The molecular formula is C26H26N4OS. The molecule has 0 aliphatic carbocycles. The number of aryl methyl sites for hydroxylation is 2. The number of aromatic nitrogens is 3. The van der Waals surface area contributed by atoms with Crippen molar-refractivity contribution in [3.05, 3.63) is 107 Å². The Kier molecular flexibility index (Phi) is 6.71. The van der Waals surface area contributed by atoms with Crippen LogP contribution in [0.15, 0.2) is 84.0 Å². The van der Waals surface area contributed by atoms with Gasteiger partial charge >= 0.3 is 0 Å². The Hall–Kier alpha value is -3.38. The van der Waals surface area contributed by atoms with Gasteiger partial charge < -0.3 is 9.88 Å². The SMILES string of the molecule is Cc1cc(C)cc(NC(=O)[C@@H](Sc2nnc(Cc3ccccc3)n2C)c2ccccc2)c1. The van der Waals surface area contributed by atoms with Gasteiger partial charge in [-0.15, -0.1) is 10.2 Å². The van der Waals surface area contributed by atoms with Crippen LogP contribution in [0.25, 0.3) is 0 Å². The van der Waals surface area contributed by atoms with Crippen molar-refractivity contribution in [3.63, 3.8) is 0 Å². The largest absolute Gasteiger partial charge is 0.325 e. The van der Waals surface area contributed by atoms with E-state index in [0.29, 0.717) is 11.6 Å². The van der Waals surface area contributed by atoms with Gasteiger partial charge in [0.15, 0.2) is 5.16 Å². The highest BCUT2D eigenvalue weighted by atomic mass is 32.2. The van der Waals surface area contributed by atoms with Crippen molar-refractivity contribution < 1.29 is 4.79 Å². The van der Waals surface area contributed by atoms with Gasteiger partial charge in [-0.05, 0) is 48.2 Å². The second-order valence-corrected chi connectivity index (χ2v) is 8.97. The fraction of sp³-hybridized carbons (Fsp3) is 0.192. The zero-order chi connectivity index (χ0) is 22.5. The molecule has 0 aliphatic rings. The average molecular weight is 443 g/mol. The summed E-state index contributed by atoms with van der Waals surface area (Å²) in [5.41, 5.74) is 5.13. The Morgan fingerprint density at radius 1 is 0.938 bits per heavy atom. The number of thioether (sulfide) groups is 1. The van der Waals surface area contributed by atoms with E-state index in [1.54, 1.807) is 0 Å². The molecule has 4 rings (SSSR count). The molecule has 5 nitrogen and oxygen atoms in total. The highest BCUT2D eigenvalue weighted by Gasteiger charge is 2.25. The molecule has 0 fully saturated rings. The van der Waals surface area contributed by atoms with Crippen LogP contribution in [0.4, 0.5) is 5.69 Å². The lowest BCUT2D eigenvalue weighted by Gasteiger charge is -2.17. The number of carbonyl (C=O) groups excluding carboxylic acids is 1. The van der Waals surface area contributed by atoms with Crippen molar-refractivity contribution in [2.45, 2.75) is 30.7 Å². The molecule has 1 aromatic heterocycles. The van der Waals surface area contributed by atoms with Crippen LogP contribution in [0.3, 0.4) is 0 Å². The summed E-state index contributed by atoms with van der Waals surface area (Å²) >= 11 is 1.41. The highest BCUT2D eigenvalue weighted by Crippen LogP contribution is 2.35. The minimum atomic E-state index is -0.454. The van der Waals surface area contributed by atoms with Crippen LogP contribution in [-0.2, 0) is 18.3 Å². The van der Waals surface area contributed by atoms with E-state index in [0.717, 1.165) is 28.2 Å².